The number of nitrogens with zero attached hydrogens (tertiary/aromatic N) is 4. The first-order chi connectivity index (χ1) is 9.02. The molecule has 3 aromatic rings. The molecule has 6 heteroatoms. The van der Waals surface area contributed by atoms with Crippen LogP contribution in [0.4, 0.5) is 0 Å². The molecule has 0 saturated carbocycles. The van der Waals surface area contributed by atoms with Crippen LogP contribution in [0.5, 0.6) is 0 Å². The Kier molecular flexibility index (Phi) is 2.60. The third-order valence-corrected chi connectivity index (χ3v) is 2.95. The van der Waals surface area contributed by atoms with Gasteiger partial charge in [-0.05, 0) is 26.0 Å². The smallest absolute Gasteiger partial charge is 0.129 e. The van der Waals surface area contributed by atoms with Gasteiger partial charge in [-0.25, -0.2) is 9.67 Å². The maximum atomic E-state index is 5.99. The Bertz CT molecular complexity index is 670. The molecule has 0 saturated heterocycles. The number of imidazole rings is 1. The summed E-state index contributed by atoms with van der Waals surface area (Å²) >= 11 is 0. The number of rotatable bonds is 3. The minimum absolute atomic E-state index is 0.480. The quantitative estimate of drug-likeness (QED) is 0.741. The maximum absolute atomic E-state index is 5.99. The van der Waals surface area contributed by atoms with Crippen molar-refractivity contribution in [3.63, 3.8) is 0 Å². The number of nitrogens with two attached hydrogens (primary N) is 1. The molecule has 0 atom stereocenters. The number of aromatic nitrogens is 5. The van der Waals surface area contributed by atoms with Crippen molar-refractivity contribution < 1.29 is 0 Å². The van der Waals surface area contributed by atoms with Gasteiger partial charge < -0.3 is 10.7 Å². The van der Waals surface area contributed by atoms with E-state index in [4.69, 9.17) is 5.73 Å². The summed E-state index contributed by atoms with van der Waals surface area (Å²) in [5.41, 5.74) is 8.25. The number of aromatic amines is 1. The van der Waals surface area contributed by atoms with E-state index in [2.05, 4.69) is 20.3 Å². The molecule has 0 aliphatic carbocycles. The fraction of sp³-hybridized carbons (Fsp3) is 0.308. The van der Waals surface area contributed by atoms with Crippen LogP contribution in [0, 0.1) is 0 Å². The van der Waals surface area contributed by atoms with Gasteiger partial charge in [-0.1, -0.05) is 17.3 Å². The van der Waals surface area contributed by atoms with Crippen LogP contribution in [0.3, 0.4) is 0 Å². The van der Waals surface area contributed by atoms with E-state index in [9.17, 15) is 0 Å². The van der Waals surface area contributed by atoms with Crippen LogP contribution in [0.25, 0.3) is 11.0 Å². The molecular weight excluding hydrogens is 240 g/mol. The lowest BCUT2D eigenvalue weighted by Gasteiger charge is -2.13. The molecule has 0 aliphatic rings. The molecule has 19 heavy (non-hydrogen) atoms. The Hall–Kier alpha value is -2.21. The second kappa shape index (κ2) is 4.17. The van der Waals surface area contributed by atoms with Crippen LogP contribution in [-0.4, -0.2) is 25.0 Å². The number of para-hydroxylation sites is 2. The maximum Gasteiger partial charge on any atom is 0.129 e. The lowest BCUT2D eigenvalue weighted by molar-refractivity contribution is 0.533. The SMILES string of the molecule is CC(C)(N)c1cn(Cc2nc3ccccc3[nH]2)nn1. The van der Waals surface area contributed by atoms with Gasteiger partial charge in [0, 0.05) is 0 Å². The molecule has 0 fully saturated rings. The van der Waals surface area contributed by atoms with Crippen LogP contribution < -0.4 is 5.73 Å². The van der Waals surface area contributed by atoms with Crippen molar-refractivity contribution in [3.8, 4) is 0 Å². The van der Waals surface area contributed by atoms with Crippen molar-refractivity contribution in [2.24, 2.45) is 5.73 Å². The Morgan fingerprint density at radius 1 is 1.32 bits per heavy atom. The number of H-pyrrole nitrogens is 1. The number of hydrogen-bond acceptors (Lipinski definition) is 4. The molecule has 3 rings (SSSR count). The normalized spacial score (nSPS) is 12.2. The molecule has 2 heterocycles. The van der Waals surface area contributed by atoms with Gasteiger partial charge >= 0.3 is 0 Å². The van der Waals surface area contributed by atoms with E-state index >= 15 is 0 Å². The van der Waals surface area contributed by atoms with E-state index in [1.165, 1.54) is 0 Å². The van der Waals surface area contributed by atoms with Gasteiger partial charge in [0.25, 0.3) is 0 Å². The average Bonchev–Trinajstić information content (AvgIpc) is 2.94. The van der Waals surface area contributed by atoms with E-state index in [0.717, 1.165) is 22.6 Å². The van der Waals surface area contributed by atoms with Gasteiger partial charge in [0.1, 0.15) is 18.1 Å². The van der Waals surface area contributed by atoms with Crippen molar-refractivity contribution in [2.75, 3.05) is 0 Å². The van der Waals surface area contributed by atoms with Gasteiger partial charge in [0.15, 0.2) is 0 Å². The fourth-order valence-corrected chi connectivity index (χ4v) is 1.90. The molecule has 0 radical (unpaired) electrons. The zero-order chi connectivity index (χ0) is 13.5. The molecule has 98 valence electrons. The Labute approximate surface area is 110 Å². The first-order valence-corrected chi connectivity index (χ1v) is 6.15. The van der Waals surface area contributed by atoms with Crippen LogP contribution in [0.2, 0.25) is 0 Å². The van der Waals surface area contributed by atoms with Crippen molar-refractivity contribution >= 4 is 11.0 Å². The number of benzene rings is 1. The van der Waals surface area contributed by atoms with E-state index < -0.39 is 5.54 Å². The summed E-state index contributed by atoms with van der Waals surface area (Å²) < 4.78 is 1.74. The first-order valence-electron chi connectivity index (χ1n) is 6.15. The Balaban J connectivity index is 1.86. The standard InChI is InChI=1S/C13H16N6/c1-13(2,14)11-7-19(18-17-11)8-12-15-9-5-3-4-6-10(9)16-12/h3-7H,8,14H2,1-2H3,(H,15,16). The Morgan fingerprint density at radius 2 is 2.11 bits per heavy atom. The van der Waals surface area contributed by atoms with Crippen molar-refractivity contribution in [1.82, 2.24) is 25.0 Å². The van der Waals surface area contributed by atoms with E-state index in [1.807, 2.05) is 44.3 Å². The molecule has 0 aliphatic heterocycles. The molecule has 1 aromatic carbocycles. The highest BCUT2D eigenvalue weighted by Crippen LogP contribution is 2.14. The number of fused-ring (bicyclic) bond motifs is 1. The largest absolute Gasteiger partial charge is 0.340 e. The fourth-order valence-electron chi connectivity index (χ4n) is 1.90. The predicted octanol–water partition coefficient (Wildman–Crippen LogP) is 1.40. The molecule has 2 aromatic heterocycles. The summed E-state index contributed by atoms with van der Waals surface area (Å²) in [6, 6.07) is 7.93. The minimum atomic E-state index is -0.480. The third kappa shape index (κ3) is 2.34. The third-order valence-electron chi connectivity index (χ3n) is 2.95. The van der Waals surface area contributed by atoms with Gasteiger partial charge in [-0.15, -0.1) is 5.10 Å². The summed E-state index contributed by atoms with van der Waals surface area (Å²) in [5.74, 6) is 0.854. The molecular formula is C13H16N6. The molecule has 0 unspecified atom stereocenters. The highest BCUT2D eigenvalue weighted by Gasteiger charge is 2.18. The predicted molar refractivity (Wildman–Crippen MR) is 72.4 cm³/mol. The number of nitrogens with one attached hydrogen (secondary N) is 1. The minimum Gasteiger partial charge on any atom is -0.340 e. The summed E-state index contributed by atoms with van der Waals surface area (Å²) in [6.45, 7) is 4.36. The summed E-state index contributed by atoms with van der Waals surface area (Å²) in [5, 5.41) is 8.16. The van der Waals surface area contributed by atoms with E-state index in [-0.39, 0.29) is 0 Å². The second-order valence-corrected chi connectivity index (χ2v) is 5.22. The second-order valence-electron chi connectivity index (χ2n) is 5.22. The molecule has 3 N–H and O–H groups in total. The lowest BCUT2D eigenvalue weighted by Crippen LogP contribution is -2.29. The summed E-state index contributed by atoms with van der Waals surface area (Å²) in [6.07, 6.45) is 1.85. The van der Waals surface area contributed by atoms with Crippen LogP contribution >= 0.6 is 0 Å². The van der Waals surface area contributed by atoms with Crippen molar-refractivity contribution in [2.45, 2.75) is 25.9 Å². The van der Waals surface area contributed by atoms with Gasteiger partial charge in [-0.2, -0.15) is 0 Å². The van der Waals surface area contributed by atoms with Gasteiger partial charge in [-0.3, -0.25) is 0 Å². The summed E-state index contributed by atoms with van der Waals surface area (Å²) in [4.78, 5) is 7.77. The highest BCUT2D eigenvalue weighted by molar-refractivity contribution is 5.74. The van der Waals surface area contributed by atoms with Gasteiger partial charge in [0.2, 0.25) is 0 Å². The first kappa shape index (κ1) is 11.9. The lowest BCUT2D eigenvalue weighted by atomic mass is 10.0. The van der Waals surface area contributed by atoms with Crippen LogP contribution in [0.15, 0.2) is 30.5 Å². The van der Waals surface area contributed by atoms with Crippen molar-refractivity contribution in [3.05, 3.63) is 42.0 Å². The van der Waals surface area contributed by atoms with Crippen LogP contribution in [0.1, 0.15) is 25.4 Å². The highest BCUT2D eigenvalue weighted by atomic mass is 15.4. The van der Waals surface area contributed by atoms with Crippen LogP contribution in [-0.2, 0) is 12.1 Å². The molecule has 0 bridgehead atoms. The number of hydrogen-bond donors (Lipinski definition) is 2. The zero-order valence-electron chi connectivity index (χ0n) is 11.0. The monoisotopic (exact) mass is 256 g/mol. The molecule has 0 spiro atoms. The molecule has 0 amide bonds. The van der Waals surface area contributed by atoms with E-state index in [1.54, 1.807) is 4.68 Å². The van der Waals surface area contributed by atoms with Gasteiger partial charge in [0.05, 0.1) is 22.8 Å². The molecule has 6 nitrogen and oxygen atoms in total. The van der Waals surface area contributed by atoms with Crippen molar-refractivity contribution in [1.29, 1.82) is 0 Å². The zero-order valence-corrected chi connectivity index (χ0v) is 11.0. The Morgan fingerprint density at radius 3 is 2.79 bits per heavy atom. The summed E-state index contributed by atoms with van der Waals surface area (Å²) in [7, 11) is 0. The average molecular weight is 256 g/mol. The van der Waals surface area contributed by atoms with E-state index in [0.29, 0.717) is 6.54 Å². The topological polar surface area (TPSA) is 85.4 Å².